The minimum Gasteiger partial charge on any atom is -0.491 e. The lowest BCUT2D eigenvalue weighted by molar-refractivity contribution is 0.0600. The maximum atomic E-state index is 11.4. The maximum absolute atomic E-state index is 11.4. The van der Waals surface area contributed by atoms with Crippen LogP contribution in [0.25, 0.3) is 0 Å². The molecule has 0 radical (unpaired) electrons. The van der Waals surface area contributed by atoms with Crippen molar-refractivity contribution in [3.63, 3.8) is 0 Å². The van der Waals surface area contributed by atoms with Crippen LogP contribution in [0.15, 0.2) is 18.2 Å². The van der Waals surface area contributed by atoms with Gasteiger partial charge in [-0.1, -0.05) is 33.1 Å². The van der Waals surface area contributed by atoms with Crippen LogP contribution in [-0.4, -0.2) is 19.7 Å². The first-order valence-corrected chi connectivity index (χ1v) is 7.22. The Balaban J connectivity index is 2.61. The number of nitrogens with two attached hydrogens (primary N) is 1. The van der Waals surface area contributed by atoms with Crippen molar-refractivity contribution in [1.82, 2.24) is 0 Å². The molecule has 1 unspecified atom stereocenters. The Bertz CT molecular complexity index is 432. The highest BCUT2D eigenvalue weighted by Gasteiger charge is 2.11. The summed E-state index contributed by atoms with van der Waals surface area (Å²) in [5.41, 5.74) is 6.82. The highest BCUT2D eigenvalue weighted by Crippen LogP contribution is 2.24. The van der Waals surface area contributed by atoms with Crippen LogP contribution in [0, 0.1) is 5.92 Å². The quantitative estimate of drug-likeness (QED) is 0.583. The van der Waals surface area contributed by atoms with E-state index in [9.17, 15) is 4.79 Å². The fourth-order valence-corrected chi connectivity index (χ4v) is 2.03. The molecule has 0 aliphatic carbocycles. The van der Waals surface area contributed by atoms with Crippen molar-refractivity contribution >= 4 is 11.7 Å². The minimum atomic E-state index is -0.391. The van der Waals surface area contributed by atoms with Gasteiger partial charge in [0.2, 0.25) is 0 Å². The molecule has 1 rings (SSSR count). The average molecular weight is 279 g/mol. The predicted molar refractivity (Wildman–Crippen MR) is 81.0 cm³/mol. The lowest BCUT2D eigenvalue weighted by atomic mass is 10.0. The molecule has 4 nitrogen and oxygen atoms in total. The molecule has 0 heterocycles. The highest BCUT2D eigenvalue weighted by atomic mass is 16.5. The van der Waals surface area contributed by atoms with Crippen molar-refractivity contribution in [2.45, 2.75) is 39.5 Å². The molecule has 0 aliphatic heterocycles. The van der Waals surface area contributed by atoms with Crippen LogP contribution in [0.4, 0.5) is 5.69 Å². The first-order chi connectivity index (χ1) is 9.62. The maximum Gasteiger partial charge on any atom is 0.337 e. The Morgan fingerprint density at radius 2 is 2.10 bits per heavy atom. The number of hydrogen-bond donors (Lipinski definition) is 1. The van der Waals surface area contributed by atoms with E-state index in [0.717, 1.165) is 6.42 Å². The summed E-state index contributed by atoms with van der Waals surface area (Å²) in [7, 11) is 1.35. The van der Waals surface area contributed by atoms with Gasteiger partial charge in [0.1, 0.15) is 5.75 Å². The van der Waals surface area contributed by atoms with Gasteiger partial charge >= 0.3 is 5.97 Å². The van der Waals surface area contributed by atoms with E-state index in [1.54, 1.807) is 18.2 Å². The Hall–Kier alpha value is -1.71. The van der Waals surface area contributed by atoms with Crippen LogP contribution in [-0.2, 0) is 4.74 Å². The van der Waals surface area contributed by atoms with E-state index in [0.29, 0.717) is 29.5 Å². The molecule has 0 bridgehead atoms. The molecule has 112 valence electrons. The zero-order valence-electron chi connectivity index (χ0n) is 12.6. The van der Waals surface area contributed by atoms with Gasteiger partial charge in [-0.05, 0) is 30.5 Å². The van der Waals surface area contributed by atoms with Crippen LogP contribution in [0.2, 0.25) is 0 Å². The molecule has 0 amide bonds. The highest BCUT2D eigenvalue weighted by molar-refractivity contribution is 5.90. The van der Waals surface area contributed by atoms with Crippen molar-refractivity contribution in [1.29, 1.82) is 0 Å². The number of ether oxygens (including phenoxy) is 2. The number of nitrogen functional groups attached to an aromatic ring is 1. The van der Waals surface area contributed by atoms with Gasteiger partial charge in [-0.3, -0.25) is 0 Å². The van der Waals surface area contributed by atoms with Gasteiger partial charge in [0.05, 0.1) is 25.0 Å². The van der Waals surface area contributed by atoms with E-state index in [-0.39, 0.29) is 0 Å². The Kier molecular flexibility index (Phi) is 6.91. The van der Waals surface area contributed by atoms with E-state index in [1.807, 2.05) is 0 Å². The number of carbonyl (C=O) groups is 1. The third-order valence-electron chi connectivity index (χ3n) is 3.45. The van der Waals surface area contributed by atoms with Crippen LogP contribution in [0.3, 0.4) is 0 Å². The number of unbranched alkanes of at least 4 members (excludes halogenated alkanes) is 1. The summed E-state index contributed by atoms with van der Waals surface area (Å²) in [5.74, 6) is 0.792. The molecule has 0 saturated heterocycles. The smallest absolute Gasteiger partial charge is 0.337 e. The number of esters is 1. The minimum absolute atomic E-state index is 0.391. The first kappa shape index (κ1) is 16.3. The molecule has 1 aromatic rings. The zero-order chi connectivity index (χ0) is 15.0. The third-order valence-corrected chi connectivity index (χ3v) is 3.45. The van der Waals surface area contributed by atoms with Crippen molar-refractivity contribution in [3.05, 3.63) is 23.8 Å². The number of rotatable bonds is 8. The summed E-state index contributed by atoms with van der Waals surface area (Å²) in [4.78, 5) is 11.4. The molecule has 1 aromatic carbocycles. The van der Waals surface area contributed by atoms with Crippen LogP contribution >= 0.6 is 0 Å². The Morgan fingerprint density at radius 3 is 2.65 bits per heavy atom. The van der Waals surface area contributed by atoms with Gasteiger partial charge in [-0.15, -0.1) is 0 Å². The molecule has 4 heteroatoms. The summed E-state index contributed by atoms with van der Waals surface area (Å²) in [5, 5.41) is 0. The molecular weight excluding hydrogens is 254 g/mol. The SMILES string of the molecule is CCCCC(CC)COc1ccc(C(=O)OC)cc1N. The molecule has 0 aliphatic rings. The van der Waals surface area contributed by atoms with E-state index < -0.39 is 5.97 Å². The number of carbonyl (C=O) groups excluding carboxylic acids is 1. The van der Waals surface area contributed by atoms with Crippen molar-refractivity contribution in [3.8, 4) is 5.75 Å². The molecule has 0 fully saturated rings. The second-order valence-electron chi connectivity index (χ2n) is 4.97. The second-order valence-corrected chi connectivity index (χ2v) is 4.97. The summed E-state index contributed by atoms with van der Waals surface area (Å²) < 4.78 is 10.4. The summed E-state index contributed by atoms with van der Waals surface area (Å²) in [6, 6.07) is 4.99. The fourth-order valence-electron chi connectivity index (χ4n) is 2.03. The summed E-state index contributed by atoms with van der Waals surface area (Å²) in [6.45, 7) is 5.03. The second kappa shape index (κ2) is 8.46. The van der Waals surface area contributed by atoms with Gasteiger partial charge in [-0.2, -0.15) is 0 Å². The zero-order valence-corrected chi connectivity index (χ0v) is 12.6. The normalized spacial score (nSPS) is 11.9. The van der Waals surface area contributed by atoms with E-state index >= 15 is 0 Å². The van der Waals surface area contributed by atoms with Crippen molar-refractivity contribution in [2.75, 3.05) is 19.5 Å². The van der Waals surface area contributed by atoms with Crippen LogP contribution in [0.5, 0.6) is 5.75 Å². The number of methoxy groups -OCH3 is 1. The third kappa shape index (κ3) is 4.76. The van der Waals surface area contributed by atoms with Crippen LogP contribution in [0.1, 0.15) is 49.9 Å². The lowest BCUT2D eigenvalue weighted by Gasteiger charge is -2.16. The average Bonchev–Trinajstić information content (AvgIpc) is 2.47. The monoisotopic (exact) mass is 279 g/mol. The van der Waals surface area contributed by atoms with Crippen molar-refractivity contribution in [2.24, 2.45) is 5.92 Å². The molecule has 20 heavy (non-hydrogen) atoms. The van der Waals surface area contributed by atoms with Gasteiger partial charge < -0.3 is 15.2 Å². The lowest BCUT2D eigenvalue weighted by Crippen LogP contribution is -2.12. The van der Waals surface area contributed by atoms with Gasteiger partial charge in [0, 0.05) is 0 Å². The Morgan fingerprint density at radius 1 is 1.35 bits per heavy atom. The first-order valence-electron chi connectivity index (χ1n) is 7.22. The number of hydrogen-bond acceptors (Lipinski definition) is 4. The molecular formula is C16H25NO3. The summed E-state index contributed by atoms with van der Waals surface area (Å²) in [6.07, 6.45) is 4.69. The Labute approximate surface area is 121 Å². The molecule has 0 aromatic heterocycles. The molecule has 2 N–H and O–H groups in total. The van der Waals surface area contributed by atoms with E-state index in [2.05, 4.69) is 18.6 Å². The van der Waals surface area contributed by atoms with Crippen LogP contribution < -0.4 is 10.5 Å². The number of benzene rings is 1. The van der Waals surface area contributed by atoms with Gasteiger partial charge in [0.25, 0.3) is 0 Å². The number of anilines is 1. The van der Waals surface area contributed by atoms with Crippen molar-refractivity contribution < 1.29 is 14.3 Å². The molecule has 1 atom stereocenters. The molecule has 0 spiro atoms. The fraction of sp³-hybridized carbons (Fsp3) is 0.562. The predicted octanol–water partition coefficient (Wildman–Crippen LogP) is 3.65. The standard InChI is InChI=1S/C16H25NO3/c1-4-6-7-12(5-2)11-20-15-9-8-13(10-14(15)17)16(18)19-3/h8-10,12H,4-7,11,17H2,1-3H3. The summed E-state index contributed by atoms with van der Waals surface area (Å²) >= 11 is 0. The van der Waals surface area contributed by atoms with E-state index in [1.165, 1.54) is 26.4 Å². The van der Waals surface area contributed by atoms with Gasteiger partial charge in [0.15, 0.2) is 0 Å². The largest absolute Gasteiger partial charge is 0.491 e. The van der Waals surface area contributed by atoms with E-state index in [4.69, 9.17) is 10.5 Å². The topological polar surface area (TPSA) is 61.5 Å². The molecule has 0 saturated carbocycles. The van der Waals surface area contributed by atoms with Gasteiger partial charge in [-0.25, -0.2) is 4.79 Å².